The fourth-order valence-electron chi connectivity index (χ4n) is 0.375. The quantitative estimate of drug-likeness (QED) is 0.659. The van der Waals surface area contributed by atoms with Crippen LogP contribution in [0.3, 0.4) is 0 Å². The molecule has 0 heterocycles. The summed E-state index contributed by atoms with van der Waals surface area (Å²) in [6.45, 7) is 6.12. The van der Waals surface area contributed by atoms with Gasteiger partial charge in [-0.15, -0.1) is 0 Å². The Balaban J connectivity index is 4.35. The fourth-order valence-corrected chi connectivity index (χ4v) is 1.04. The Morgan fingerprint density at radius 3 is 1.40 bits per heavy atom. The molecule has 0 saturated carbocycles. The van der Waals surface area contributed by atoms with Gasteiger partial charge in [0.25, 0.3) is 0 Å². The Hall–Kier alpha value is -1.34. The molecule has 0 saturated heterocycles. The highest BCUT2D eigenvalue weighted by Crippen LogP contribution is 1.96. The van der Waals surface area contributed by atoms with Gasteiger partial charge in [0, 0.05) is 10.8 Å². The minimum absolute atomic E-state index is 0.733. The lowest BCUT2D eigenvalue weighted by molar-refractivity contribution is 0.404. The zero-order chi connectivity index (χ0) is 11.9. The van der Waals surface area contributed by atoms with Crippen molar-refractivity contribution in [2.75, 3.05) is 0 Å². The van der Waals surface area contributed by atoms with Crippen molar-refractivity contribution in [3.05, 3.63) is 47.3 Å². The first-order chi connectivity index (χ1) is 6.83. The molecule has 84 valence electrons. The van der Waals surface area contributed by atoms with E-state index < -0.39 is 19.7 Å². The molecule has 0 aromatic heterocycles. The predicted molar refractivity (Wildman–Crippen MR) is 57.6 cm³/mol. The maximum Gasteiger partial charge on any atom is 0.195 e. The predicted octanol–water partition coefficient (Wildman–Crippen LogP) is 1.06. The van der Waals surface area contributed by atoms with E-state index >= 15 is 0 Å². The van der Waals surface area contributed by atoms with Crippen molar-refractivity contribution in [1.29, 1.82) is 0 Å². The summed E-state index contributed by atoms with van der Waals surface area (Å²) in [6.07, 6.45) is 1.65. The molecule has 0 aromatic rings. The first-order valence-corrected chi connectivity index (χ1v) is 6.78. The molecule has 0 aromatic carbocycles. The van der Waals surface area contributed by atoms with Gasteiger partial charge >= 0.3 is 0 Å². The molecule has 7 heteroatoms. The lowest BCUT2D eigenvalue weighted by atomic mass is 11.1. The maximum atomic E-state index is 10.8. The molecule has 0 amide bonds. The molecule has 0 atom stereocenters. The SMILES string of the molecule is C=CS(=O)(=O)C=COC=CS(=O)(=O)C=C. The second kappa shape index (κ2) is 5.52. The molecule has 0 fully saturated rings. The van der Waals surface area contributed by atoms with E-state index in [2.05, 4.69) is 17.9 Å². The van der Waals surface area contributed by atoms with E-state index in [0.29, 0.717) is 0 Å². The van der Waals surface area contributed by atoms with E-state index in [1.165, 1.54) is 0 Å². The molecule has 0 aliphatic rings. The Bertz CT molecular complexity index is 433. The first-order valence-electron chi connectivity index (χ1n) is 3.56. The second-order valence-electron chi connectivity index (χ2n) is 2.19. The molecule has 0 unspecified atom stereocenters. The van der Waals surface area contributed by atoms with Gasteiger partial charge in [0.05, 0.1) is 10.8 Å². The summed E-state index contributed by atoms with van der Waals surface area (Å²) in [6, 6.07) is 0. The van der Waals surface area contributed by atoms with Crippen LogP contribution in [-0.2, 0) is 24.4 Å². The van der Waals surface area contributed by atoms with E-state index in [0.717, 1.165) is 34.2 Å². The molecule has 0 aliphatic carbocycles. The Morgan fingerprint density at radius 1 is 0.800 bits per heavy atom. The van der Waals surface area contributed by atoms with Crippen LogP contribution < -0.4 is 0 Å². The van der Waals surface area contributed by atoms with Crippen LogP contribution in [0.2, 0.25) is 0 Å². The summed E-state index contributed by atoms with van der Waals surface area (Å²) in [4.78, 5) is 0. The highest BCUT2D eigenvalue weighted by atomic mass is 32.2. The van der Waals surface area contributed by atoms with Crippen LogP contribution in [0, 0.1) is 0 Å². The number of sulfone groups is 2. The Morgan fingerprint density at radius 2 is 1.13 bits per heavy atom. The molecule has 0 aliphatic heterocycles. The highest BCUT2D eigenvalue weighted by Gasteiger charge is 1.97. The number of rotatable bonds is 6. The van der Waals surface area contributed by atoms with E-state index in [1.54, 1.807) is 0 Å². The van der Waals surface area contributed by atoms with E-state index in [1.807, 2.05) is 0 Å². The lowest BCUT2D eigenvalue weighted by Gasteiger charge is -1.90. The molecule has 0 radical (unpaired) electrons. The standard InChI is InChI=1S/C8H10O5S2/c1-3-14(9,10)7-5-13-6-8-15(11,12)4-2/h3-8H,1-2H2. The summed E-state index contributed by atoms with van der Waals surface area (Å²) < 4.78 is 47.6. The minimum Gasteiger partial charge on any atom is -0.471 e. The normalized spacial score (nSPS) is 13.1. The van der Waals surface area contributed by atoms with Crippen molar-refractivity contribution in [1.82, 2.24) is 0 Å². The molecule has 0 N–H and O–H groups in total. The third kappa shape index (κ3) is 6.69. The summed E-state index contributed by atoms with van der Waals surface area (Å²) in [5.41, 5.74) is 0. The van der Waals surface area contributed by atoms with Gasteiger partial charge in [-0.1, -0.05) is 13.2 Å². The van der Waals surface area contributed by atoms with Crippen molar-refractivity contribution >= 4 is 19.7 Å². The van der Waals surface area contributed by atoms with Gasteiger partial charge in [-0.3, -0.25) is 0 Å². The van der Waals surface area contributed by atoms with Crippen LogP contribution in [0.25, 0.3) is 0 Å². The van der Waals surface area contributed by atoms with Crippen LogP contribution in [0.15, 0.2) is 47.3 Å². The van der Waals surface area contributed by atoms with Crippen LogP contribution in [0.4, 0.5) is 0 Å². The largest absolute Gasteiger partial charge is 0.471 e. The maximum absolute atomic E-state index is 10.8. The summed E-state index contributed by atoms with van der Waals surface area (Å²) in [7, 11) is -6.97. The monoisotopic (exact) mass is 250 g/mol. The van der Waals surface area contributed by atoms with Crippen LogP contribution in [0.1, 0.15) is 0 Å². The van der Waals surface area contributed by atoms with Gasteiger partial charge in [-0.05, 0) is 0 Å². The Labute approximate surface area is 88.9 Å². The van der Waals surface area contributed by atoms with Gasteiger partial charge in [0.1, 0.15) is 12.5 Å². The van der Waals surface area contributed by atoms with Crippen LogP contribution >= 0.6 is 0 Å². The topological polar surface area (TPSA) is 77.5 Å². The van der Waals surface area contributed by atoms with Gasteiger partial charge < -0.3 is 4.74 Å². The van der Waals surface area contributed by atoms with Gasteiger partial charge in [0.2, 0.25) is 0 Å². The van der Waals surface area contributed by atoms with E-state index in [4.69, 9.17) is 0 Å². The average molecular weight is 250 g/mol. The summed E-state index contributed by atoms with van der Waals surface area (Å²) in [5.74, 6) is 0. The summed E-state index contributed by atoms with van der Waals surface area (Å²) >= 11 is 0. The third-order valence-corrected chi connectivity index (χ3v) is 3.02. The lowest BCUT2D eigenvalue weighted by Crippen LogP contribution is -1.88. The average Bonchev–Trinajstić information content (AvgIpc) is 2.17. The number of hydrogen-bond donors (Lipinski definition) is 0. The zero-order valence-corrected chi connectivity index (χ0v) is 9.37. The molecular weight excluding hydrogens is 240 g/mol. The molecule has 5 nitrogen and oxygen atoms in total. The third-order valence-electron chi connectivity index (χ3n) is 1.11. The van der Waals surface area contributed by atoms with Gasteiger partial charge in [-0.25, -0.2) is 16.8 Å². The minimum atomic E-state index is -3.49. The molecule has 15 heavy (non-hydrogen) atoms. The fraction of sp³-hybridized carbons (Fsp3) is 0. The van der Waals surface area contributed by atoms with Crippen molar-refractivity contribution in [3.8, 4) is 0 Å². The highest BCUT2D eigenvalue weighted by molar-refractivity contribution is 7.97. The molecule has 0 rings (SSSR count). The Kier molecular flexibility index (Phi) is 5.03. The van der Waals surface area contributed by atoms with Gasteiger partial charge in [-0.2, -0.15) is 0 Å². The molecule has 0 spiro atoms. The molecular formula is C8H10O5S2. The van der Waals surface area contributed by atoms with E-state index in [9.17, 15) is 16.8 Å². The second-order valence-corrected chi connectivity index (χ2v) is 5.76. The van der Waals surface area contributed by atoms with Crippen LogP contribution in [0.5, 0.6) is 0 Å². The number of ether oxygens (including phenoxy) is 1. The van der Waals surface area contributed by atoms with Crippen molar-refractivity contribution in [2.45, 2.75) is 0 Å². The zero-order valence-electron chi connectivity index (χ0n) is 7.74. The van der Waals surface area contributed by atoms with Crippen molar-refractivity contribution in [3.63, 3.8) is 0 Å². The molecule has 0 bridgehead atoms. The van der Waals surface area contributed by atoms with Crippen LogP contribution in [-0.4, -0.2) is 16.8 Å². The summed E-state index contributed by atoms with van der Waals surface area (Å²) in [5, 5.41) is 2.95. The number of hydrogen-bond acceptors (Lipinski definition) is 5. The van der Waals surface area contributed by atoms with E-state index in [-0.39, 0.29) is 0 Å². The van der Waals surface area contributed by atoms with Crippen molar-refractivity contribution in [2.24, 2.45) is 0 Å². The van der Waals surface area contributed by atoms with Crippen molar-refractivity contribution < 1.29 is 21.6 Å². The van der Waals surface area contributed by atoms with Gasteiger partial charge in [0.15, 0.2) is 19.7 Å². The first kappa shape index (κ1) is 13.7. The smallest absolute Gasteiger partial charge is 0.195 e.